The summed E-state index contributed by atoms with van der Waals surface area (Å²) in [4.78, 5) is 9.94. The van der Waals surface area contributed by atoms with Crippen molar-refractivity contribution in [3.05, 3.63) is 11.9 Å². The van der Waals surface area contributed by atoms with Gasteiger partial charge in [-0.15, -0.1) is 0 Å². The Labute approximate surface area is 121 Å². The van der Waals surface area contributed by atoms with Crippen molar-refractivity contribution in [3.8, 4) is 0 Å². The van der Waals surface area contributed by atoms with E-state index in [2.05, 4.69) is 15.4 Å². The minimum atomic E-state index is -4.16. The predicted molar refractivity (Wildman–Crippen MR) is 74.8 cm³/mol. The minimum absolute atomic E-state index is 0.0543. The third-order valence-corrected chi connectivity index (χ3v) is 3.74. The third-order valence-electron chi connectivity index (χ3n) is 3.74. The largest absolute Gasteiger partial charge is 0.393 e. The van der Waals surface area contributed by atoms with Gasteiger partial charge < -0.3 is 10.3 Å². The lowest BCUT2D eigenvalue weighted by atomic mass is 9.97. The van der Waals surface area contributed by atoms with Gasteiger partial charge in [-0.2, -0.15) is 13.2 Å². The summed E-state index contributed by atoms with van der Waals surface area (Å²) in [6, 6.07) is 0. The molecular weight excluding hydrogens is 283 g/mol. The van der Waals surface area contributed by atoms with Crippen molar-refractivity contribution in [2.24, 2.45) is 11.8 Å². The van der Waals surface area contributed by atoms with Crippen molar-refractivity contribution in [2.45, 2.75) is 38.8 Å². The van der Waals surface area contributed by atoms with Crippen LogP contribution in [0.1, 0.15) is 31.7 Å². The second-order valence-corrected chi connectivity index (χ2v) is 5.25. The Kier molecular flexibility index (Phi) is 4.87. The van der Waals surface area contributed by atoms with Crippen LogP contribution in [0.15, 0.2) is 6.33 Å². The fraction of sp³-hybridized carbons (Fsp3) is 0.692. The number of hydrogen-bond donors (Lipinski definition) is 2. The summed E-state index contributed by atoms with van der Waals surface area (Å²) in [6.07, 6.45) is -0.637. The molecule has 1 saturated heterocycles. The predicted octanol–water partition coefficient (Wildman–Crippen LogP) is 2.49. The molecule has 21 heavy (non-hydrogen) atoms. The van der Waals surface area contributed by atoms with E-state index in [4.69, 9.17) is 5.84 Å². The smallest absolute Gasteiger partial charge is 0.356 e. The molecule has 2 rings (SSSR count). The van der Waals surface area contributed by atoms with E-state index in [0.717, 1.165) is 12.0 Å². The number of nitrogens with two attached hydrogens (primary N) is 1. The first-order valence-corrected chi connectivity index (χ1v) is 7.09. The van der Waals surface area contributed by atoms with Crippen LogP contribution in [0.2, 0.25) is 0 Å². The molecule has 1 atom stereocenters. The molecule has 8 heteroatoms. The highest BCUT2D eigenvalue weighted by molar-refractivity contribution is 5.58. The molecular formula is C13H20F3N5. The third kappa shape index (κ3) is 3.55. The zero-order valence-corrected chi connectivity index (χ0v) is 12.0. The van der Waals surface area contributed by atoms with Crippen LogP contribution in [-0.4, -0.2) is 29.2 Å². The van der Waals surface area contributed by atoms with Gasteiger partial charge in [0.2, 0.25) is 0 Å². The standard InChI is InChI=1S/C13H20F3N5/c1-2-4-10-11(20-17)18-8-19-12(10)21-6-3-5-9(7-21)13(14,15)16/h8-9H,2-7,17H2,1H3,(H,18,19,20). The summed E-state index contributed by atoms with van der Waals surface area (Å²) in [6.45, 7) is 2.51. The number of hydrazine groups is 1. The SMILES string of the molecule is CCCc1c(NN)ncnc1N1CCCC(C(F)(F)F)C1. The van der Waals surface area contributed by atoms with Gasteiger partial charge in [0.05, 0.1) is 5.92 Å². The van der Waals surface area contributed by atoms with Crippen molar-refractivity contribution >= 4 is 11.6 Å². The van der Waals surface area contributed by atoms with Gasteiger partial charge in [-0.3, -0.25) is 0 Å². The van der Waals surface area contributed by atoms with Crippen LogP contribution < -0.4 is 16.2 Å². The lowest BCUT2D eigenvalue weighted by Gasteiger charge is -2.35. The van der Waals surface area contributed by atoms with Gasteiger partial charge >= 0.3 is 6.18 Å². The van der Waals surface area contributed by atoms with Gasteiger partial charge in [-0.25, -0.2) is 15.8 Å². The lowest BCUT2D eigenvalue weighted by molar-refractivity contribution is -0.176. The van der Waals surface area contributed by atoms with Crippen LogP contribution in [0, 0.1) is 5.92 Å². The number of nitrogens with one attached hydrogen (secondary N) is 1. The Morgan fingerprint density at radius 3 is 2.81 bits per heavy atom. The average molecular weight is 303 g/mol. The summed E-state index contributed by atoms with van der Waals surface area (Å²) < 4.78 is 38.8. The number of nitrogens with zero attached hydrogens (tertiary/aromatic N) is 3. The normalized spacial score (nSPS) is 19.7. The minimum Gasteiger partial charge on any atom is -0.356 e. The highest BCUT2D eigenvalue weighted by Crippen LogP contribution is 2.35. The van der Waals surface area contributed by atoms with Crippen LogP contribution in [0.3, 0.4) is 0 Å². The maximum Gasteiger partial charge on any atom is 0.393 e. The highest BCUT2D eigenvalue weighted by atomic mass is 19.4. The van der Waals surface area contributed by atoms with E-state index in [9.17, 15) is 13.2 Å². The summed E-state index contributed by atoms with van der Waals surface area (Å²) in [5.41, 5.74) is 3.28. The van der Waals surface area contributed by atoms with Gasteiger partial charge in [0.15, 0.2) is 0 Å². The van der Waals surface area contributed by atoms with E-state index in [1.54, 1.807) is 4.90 Å². The molecule has 0 saturated carbocycles. The summed E-state index contributed by atoms with van der Waals surface area (Å²) in [5, 5.41) is 0. The molecule has 3 N–H and O–H groups in total. The topological polar surface area (TPSA) is 67.1 Å². The Balaban J connectivity index is 2.28. The molecule has 118 valence electrons. The Morgan fingerprint density at radius 1 is 1.43 bits per heavy atom. The zero-order chi connectivity index (χ0) is 15.5. The first-order chi connectivity index (χ1) is 9.97. The number of piperidine rings is 1. The molecule has 1 aromatic rings. The van der Waals surface area contributed by atoms with Crippen LogP contribution in [0.5, 0.6) is 0 Å². The van der Waals surface area contributed by atoms with Crippen molar-refractivity contribution in [2.75, 3.05) is 23.4 Å². The Bertz CT molecular complexity index is 477. The van der Waals surface area contributed by atoms with Crippen molar-refractivity contribution < 1.29 is 13.2 Å². The molecule has 1 fully saturated rings. The lowest BCUT2D eigenvalue weighted by Crippen LogP contribution is -2.42. The van der Waals surface area contributed by atoms with E-state index in [-0.39, 0.29) is 13.0 Å². The number of aromatic nitrogens is 2. The van der Waals surface area contributed by atoms with Crippen LogP contribution in [0.25, 0.3) is 0 Å². The van der Waals surface area contributed by atoms with Gasteiger partial charge in [-0.05, 0) is 19.3 Å². The molecule has 5 nitrogen and oxygen atoms in total. The van der Waals surface area contributed by atoms with E-state index < -0.39 is 12.1 Å². The van der Waals surface area contributed by atoms with Crippen LogP contribution in [-0.2, 0) is 6.42 Å². The fourth-order valence-electron chi connectivity index (χ4n) is 2.72. The number of halogens is 3. The fourth-order valence-corrected chi connectivity index (χ4v) is 2.72. The zero-order valence-electron chi connectivity index (χ0n) is 12.0. The Hall–Kier alpha value is -1.57. The van der Waals surface area contributed by atoms with Gasteiger partial charge in [0, 0.05) is 18.7 Å². The summed E-state index contributed by atoms with van der Waals surface area (Å²) >= 11 is 0. The molecule has 0 spiro atoms. The maximum absolute atomic E-state index is 12.9. The summed E-state index contributed by atoms with van der Waals surface area (Å²) in [5.74, 6) is 5.18. The highest BCUT2D eigenvalue weighted by Gasteiger charge is 2.42. The first-order valence-electron chi connectivity index (χ1n) is 7.09. The second-order valence-electron chi connectivity index (χ2n) is 5.25. The van der Waals surface area contributed by atoms with E-state index in [0.29, 0.717) is 31.0 Å². The average Bonchev–Trinajstić information content (AvgIpc) is 2.47. The molecule has 0 aliphatic carbocycles. The Morgan fingerprint density at radius 2 is 2.19 bits per heavy atom. The maximum atomic E-state index is 12.9. The van der Waals surface area contributed by atoms with Crippen molar-refractivity contribution in [3.63, 3.8) is 0 Å². The molecule has 1 aliphatic rings. The quantitative estimate of drug-likeness (QED) is 0.661. The molecule has 0 amide bonds. The van der Waals surface area contributed by atoms with Gasteiger partial charge in [0.1, 0.15) is 18.0 Å². The molecule has 1 aromatic heterocycles. The molecule has 1 aliphatic heterocycles. The monoisotopic (exact) mass is 303 g/mol. The van der Waals surface area contributed by atoms with E-state index in [1.165, 1.54) is 6.33 Å². The number of anilines is 2. The number of alkyl halides is 3. The number of nitrogen functional groups attached to an aromatic ring is 1. The second kappa shape index (κ2) is 6.46. The van der Waals surface area contributed by atoms with Crippen molar-refractivity contribution in [1.82, 2.24) is 9.97 Å². The van der Waals surface area contributed by atoms with Gasteiger partial charge in [0.25, 0.3) is 0 Å². The number of rotatable bonds is 4. The molecule has 1 unspecified atom stereocenters. The summed E-state index contributed by atoms with van der Waals surface area (Å²) in [7, 11) is 0. The molecule has 0 bridgehead atoms. The first kappa shape index (κ1) is 15.8. The van der Waals surface area contributed by atoms with Crippen molar-refractivity contribution in [1.29, 1.82) is 0 Å². The van der Waals surface area contributed by atoms with Gasteiger partial charge in [-0.1, -0.05) is 13.3 Å². The molecule has 2 heterocycles. The molecule has 0 aromatic carbocycles. The van der Waals surface area contributed by atoms with E-state index >= 15 is 0 Å². The molecule has 0 radical (unpaired) electrons. The van der Waals surface area contributed by atoms with Crippen LogP contribution >= 0.6 is 0 Å². The van der Waals surface area contributed by atoms with Crippen LogP contribution in [0.4, 0.5) is 24.8 Å². The number of hydrogen-bond acceptors (Lipinski definition) is 5. The van der Waals surface area contributed by atoms with E-state index in [1.807, 2.05) is 6.92 Å².